The minimum absolute atomic E-state index is 0.0839. The predicted molar refractivity (Wildman–Crippen MR) is 95.0 cm³/mol. The number of nitrogens with zero attached hydrogens (tertiary/aromatic N) is 2. The molecule has 5 nitrogen and oxygen atoms in total. The van der Waals surface area contributed by atoms with Crippen LogP contribution in [0.4, 0.5) is 10.5 Å². The summed E-state index contributed by atoms with van der Waals surface area (Å²) < 4.78 is 5.53. The Morgan fingerprint density at radius 2 is 2.17 bits per heavy atom. The molecule has 1 aliphatic heterocycles. The smallest absolute Gasteiger partial charge is 0.410 e. The van der Waals surface area contributed by atoms with Gasteiger partial charge in [0, 0.05) is 13.1 Å². The Hall–Kier alpha value is -2.22. The summed E-state index contributed by atoms with van der Waals surface area (Å²) in [5.41, 5.74) is 1.95. The number of likely N-dealkylation sites (tertiary alicyclic amines) is 1. The number of carbonyl (C=O) groups excluding carboxylic acids is 1. The van der Waals surface area contributed by atoms with Crippen LogP contribution in [0, 0.1) is 18.3 Å². The van der Waals surface area contributed by atoms with Crippen LogP contribution in [0.3, 0.4) is 0 Å². The second-order valence-electron chi connectivity index (χ2n) is 7.31. The molecular weight excluding hydrogens is 302 g/mol. The highest BCUT2D eigenvalue weighted by molar-refractivity contribution is 5.69. The average Bonchev–Trinajstić information content (AvgIpc) is 2.51. The zero-order valence-corrected chi connectivity index (χ0v) is 15.1. The van der Waals surface area contributed by atoms with E-state index >= 15 is 0 Å². The number of nitriles is 1. The van der Waals surface area contributed by atoms with E-state index in [0.717, 1.165) is 37.1 Å². The Kier molecular flexibility index (Phi) is 5.71. The normalized spacial score (nSPS) is 18.0. The molecule has 1 amide bonds. The number of hydrogen-bond acceptors (Lipinski definition) is 4. The van der Waals surface area contributed by atoms with Crippen LogP contribution in [0.1, 0.15) is 51.2 Å². The second-order valence-corrected chi connectivity index (χ2v) is 7.31. The van der Waals surface area contributed by atoms with Crippen molar-refractivity contribution in [2.75, 3.05) is 18.4 Å². The molecule has 0 aliphatic carbocycles. The van der Waals surface area contributed by atoms with Crippen molar-refractivity contribution in [3.05, 3.63) is 29.3 Å². The maximum atomic E-state index is 12.4. The number of ether oxygens (including phenoxy) is 1. The summed E-state index contributed by atoms with van der Waals surface area (Å²) >= 11 is 0. The van der Waals surface area contributed by atoms with Gasteiger partial charge in [-0.2, -0.15) is 5.26 Å². The molecule has 0 radical (unpaired) electrons. The Labute approximate surface area is 144 Å². The standard InChI is InChI=1S/C19H27N3O2/c1-14-8-7-10-17(16(14)12-20)21-13-15-9-5-6-11-22(15)18(23)24-19(2,3)4/h7-8,10,15,21H,5-6,9,11,13H2,1-4H3. The summed E-state index contributed by atoms with van der Waals surface area (Å²) in [4.78, 5) is 14.3. The lowest BCUT2D eigenvalue weighted by atomic mass is 10.0. The van der Waals surface area contributed by atoms with E-state index in [2.05, 4.69) is 11.4 Å². The van der Waals surface area contributed by atoms with Crippen molar-refractivity contribution >= 4 is 11.8 Å². The first-order valence-corrected chi connectivity index (χ1v) is 8.55. The number of benzene rings is 1. The molecule has 5 heteroatoms. The largest absolute Gasteiger partial charge is 0.444 e. The van der Waals surface area contributed by atoms with Gasteiger partial charge in [-0.3, -0.25) is 0 Å². The second kappa shape index (κ2) is 7.57. The fourth-order valence-corrected chi connectivity index (χ4v) is 2.96. The fourth-order valence-electron chi connectivity index (χ4n) is 2.96. The summed E-state index contributed by atoms with van der Waals surface area (Å²) in [5.74, 6) is 0. The summed E-state index contributed by atoms with van der Waals surface area (Å²) in [6, 6.07) is 8.11. The van der Waals surface area contributed by atoms with Gasteiger partial charge in [-0.25, -0.2) is 4.79 Å². The third-order valence-corrected chi connectivity index (χ3v) is 4.17. The molecule has 1 atom stereocenters. The van der Waals surface area contributed by atoms with Crippen molar-refractivity contribution in [3.8, 4) is 6.07 Å². The molecule has 1 aromatic rings. The van der Waals surface area contributed by atoms with E-state index < -0.39 is 5.60 Å². The highest BCUT2D eigenvalue weighted by atomic mass is 16.6. The summed E-state index contributed by atoms with van der Waals surface area (Å²) in [5, 5.41) is 12.7. The van der Waals surface area contributed by atoms with E-state index in [-0.39, 0.29) is 12.1 Å². The fraction of sp³-hybridized carbons (Fsp3) is 0.579. The molecule has 24 heavy (non-hydrogen) atoms. The SMILES string of the molecule is Cc1cccc(NCC2CCCCN2C(=O)OC(C)(C)C)c1C#N. The van der Waals surface area contributed by atoms with E-state index in [9.17, 15) is 10.1 Å². The quantitative estimate of drug-likeness (QED) is 0.908. The molecule has 1 unspecified atom stereocenters. The monoisotopic (exact) mass is 329 g/mol. The van der Waals surface area contributed by atoms with Gasteiger partial charge in [-0.1, -0.05) is 12.1 Å². The highest BCUT2D eigenvalue weighted by Gasteiger charge is 2.30. The van der Waals surface area contributed by atoms with E-state index in [4.69, 9.17) is 4.74 Å². The number of nitrogens with one attached hydrogen (secondary N) is 1. The molecule has 130 valence electrons. The van der Waals surface area contributed by atoms with E-state index in [1.807, 2.05) is 50.8 Å². The van der Waals surface area contributed by atoms with Crippen LogP contribution in [-0.2, 0) is 4.74 Å². The van der Waals surface area contributed by atoms with Crippen LogP contribution < -0.4 is 5.32 Å². The Balaban J connectivity index is 2.06. The molecule has 0 spiro atoms. The molecule has 1 saturated heterocycles. The lowest BCUT2D eigenvalue weighted by molar-refractivity contribution is 0.0114. The van der Waals surface area contributed by atoms with Crippen LogP contribution in [-0.4, -0.2) is 35.7 Å². The predicted octanol–water partition coefficient (Wildman–Crippen LogP) is 4.07. The summed E-state index contributed by atoms with van der Waals surface area (Å²) in [7, 11) is 0. The third kappa shape index (κ3) is 4.64. The molecule has 1 aromatic carbocycles. The van der Waals surface area contributed by atoms with Gasteiger partial charge in [-0.15, -0.1) is 0 Å². The van der Waals surface area contributed by atoms with Crippen LogP contribution in [0.5, 0.6) is 0 Å². The molecule has 1 heterocycles. The Bertz CT molecular complexity index is 628. The zero-order chi connectivity index (χ0) is 17.7. The molecule has 2 rings (SSSR count). The van der Waals surface area contributed by atoms with Crippen molar-refractivity contribution in [2.45, 2.75) is 58.6 Å². The van der Waals surface area contributed by atoms with E-state index in [0.29, 0.717) is 12.1 Å². The Morgan fingerprint density at radius 3 is 2.83 bits per heavy atom. The van der Waals surface area contributed by atoms with Gasteiger partial charge in [0.25, 0.3) is 0 Å². The summed E-state index contributed by atoms with van der Waals surface area (Å²) in [6.07, 6.45) is 2.80. The lowest BCUT2D eigenvalue weighted by Crippen LogP contribution is -2.48. The minimum Gasteiger partial charge on any atom is -0.444 e. The van der Waals surface area contributed by atoms with Crippen molar-refractivity contribution in [1.82, 2.24) is 4.90 Å². The van der Waals surface area contributed by atoms with Crippen LogP contribution in [0.15, 0.2) is 18.2 Å². The van der Waals surface area contributed by atoms with Gasteiger partial charge in [0.15, 0.2) is 0 Å². The number of anilines is 1. The van der Waals surface area contributed by atoms with Crippen LogP contribution in [0.2, 0.25) is 0 Å². The Morgan fingerprint density at radius 1 is 1.42 bits per heavy atom. The van der Waals surface area contributed by atoms with Crippen LogP contribution in [0.25, 0.3) is 0 Å². The molecule has 0 bridgehead atoms. The molecule has 0 saturated carbocycles. The van der Waals surface area contributed by atoms with Crippen molar-refractivity contribution in [3.63, 3.8) is 0 Å². The number of amides is 1. The van der Waals surface area contributed by atoms with Gasteiger partial charge < -0.3 is 15.0 Å². The van der Waals surface area contributed by atoms with Gasteiger partial charge in [0.1, 0.15) is 11.7 Å². The summed E-state index contributed by atoms with van der Waals surface area (Å²) in [6.45, 7) is 8.92. The van der Waals surface area contributed by atoms with Crippen molar-refractivity contribution < 1.29 is 9.53 Å². The zero-order valence-electron chi connectivity index (χ0n) is 15.1. The van der Waals surface area contributed by atoms with Gasteiger partial charge >= 0.3 is 6.09 Å². The number of hydrogen-bond donors (Lipinski definition) is 1. The molecule has 1 aliphatic rings. The van der Waals surface area contributed by atoms with Crippen molar-refractivity contribution in [2.24, 2.45) is 0 Å². The first kappa shape index (κ1) is 18.1. The highest BCUT2D eigenvalue weighted by Crippen LogP contribution is 2.23. The lowest BCUT2D eigenvalue weighted by Gasteiger charge is -2.37. The van der Waals surface area contributed by atoms with Crippen molar-refractivity contribution in [1.29, 1.82) is 5.26 Å². The molecule has 1 fully saturated rings. The first-order chi connectivity index (χ1) is 11.3. The van der Waals surface area contributed by atoms with E-state index in [1.165, 1.54) is 0 Å². The maximum Gasteiger partial charge on any atom is 0.410 e. The molecular formula is C19H27N3O2. The van der Waals surface area contributed by atoms with E-state index in [1.54, 1.807) is 0 Å². The third-order valence-electron chi connectivity index (χ3n) is 4.17. The number of carbonyl (C=O) groups is 1. The minimum atomic E-state index is -0.489. The number of aryl methyl sites for hydroxylation is 1. The van der Waals surface area contributed by atoms with Gasteiger partial charge in [0.2, 0.25) is 0 Å². The molecule has 1 N–H and O–H groups in total. The number of piperidine rings is 1. The number of rotatable bonds is 3. The average molecular weight is 329 g/mol. The first-order valence-electron chi connectivity index (χ1n) is 8.55. The van der Waals surface area contributed by atoms with Crippen LogP contribution >= 0.6 is 0 Å². The van der Waals surface area contributed by atoms with Gasteiger partial charge in [0.05, 0.1) is 17.3 Å². The van der Waals surface area contributed by atoms with Gasteiger partial charge in [-0.05, 0) is 58.6 Å². The molecule has 0 aromatic heterocycles. The maximum absolute atomic E-state index is 12.4. The topological polar surface area (TPSA) is 65.4 Å².